The molecule has 0 fully saturated rings. The molecule has 0 aliphatic heterocycles. The van der Waals surface area contributed by atoms with Crippen molar-refractivity contribution in [3.05, 3.63) is 30.3 Å². The first kappa shape index (κ1) is 10.5. The maximum atomic E-state index is 2.36. The fraction of sp³-hybridized carbons (Fsp3) is 0.500. The van der Waals surface area contributed by atoms with Crippen LogP contribution in [0.5, 0.6) is 0 Å². The van der Waals surface area contributed by atoms with Gasteiger partial charge in [-0.1, -0.05) is 68.6 Å². The largest absolute Gasteiger partial charge is 0.0839 e. The number of benzene rings is 1. The fourth-order valence-electron chi connectivity index (χ4n) is 1.40. The monoisotopic (exact) mass is 190 g/mol. The van der Waals surface area contributed by atoms with Gasteiger partial charge in [-0.15, -0.1) is 0 Å². The van der Waals surface area contributed by atoms with Crippen LogP contribution in [0.4, 0.5) is 0 Å². The summed E-state index contributed by atoms with van der Waals surface area (Å²) in [5, 5.41) is 1.51. The van der Waals surface area contributed by atoms with Crippen molar-refractivity contribution in [1.29, 1.82) is 0 Å². The minimum absolute atomic E-state index is 0.863. The molecule has 0 aliphatic rings. The standard InChI is InChI=1S/C12H18Si/c1-3-4-8-11(2)13-12-9-6-5-7-10-12/h5-7,9-11H,3-4,8H2,1-2H3. The molecule has 0 spiro atoms. The molecule has 0 bridgehead atoms. The van der Waals surface area contributed by atoms with E-state index in [9.17, 15) is 0 Å². The highest BCUT2D eigenvalue weighted by molar-refractivity contribution is 6.54. The van der Waals surface area contributed by atoms with Crippen molar-refractivity contribution in [2.45, 2.75) is 38.7 Å². The Labute approximate surface area is 84.2 Å². The topological polar surface area (TPSA) is 0 Å². The molecule has 0 nitrogen and oxygen atoms in total. The summed E-state index contributed by atoms with van der Waals surface area (Å²) in [6.07, 6.45) is 4.08. The number of hydrogen-bond donors (Lipinski definition) is 0. The summed E-state index contributed by atoms with van der Waals surface area (Å²) in [5.74, 6) is 0. The van der Waals surface area contributed by atoms with Crippen molar-refractivity contribution in [2.75, 3.05) is 0 Å². The van der Waals surface area contributed by atoms with Crippen LogP contribution in [0.15, 0.2) is 30.3 Å². The SMILES string of the molecule is CCCCC(C)[Si]c1ccccc1. The van der Waals surface area contributed by atoms with Gasteiger partial charge < -0.3 is 0 Å². The van der Waals surface area contributed by atoms with Crippen molar-refractivity contribution >= 4 is 14.7 Å². The highest BCUT2D eigenvalue weighted by atomic mass is 28.2. The molecule has 1 unspecified atom stereocenters. The van der Waals surface area contributed by atoms with Gasteiger partial charge in [0.2, 0.25) is 0 Å². The normalized spacial score (nSPS) is 12.8. The molecule has 0 amide bonds. The zero-order valence-electron chi connectivity index (χ0n) is 8.59. The maximum absolute atomic E-state index is 2.36. The molecule has 70 valence electrons. The lowest BCUT2D eigenvalue weighted by atomic mass is 10.2. The molecule has 1 aromatic carbocycles. The van der Waals surface area contributed by atoms with Crippen molar-refractivity contribution in [3.8, 4) is 0 Å². The summed E-state index contributed by atoms with van der Waals surface area (Å²) in [4.78, 5) is 0. The Bertz CT molecular complexity index is 218. The summed E-state index contributed by atoms with van der Waals surface area (Å²) in [6.45, 7) is 4.62. The highest BCUT2D eigenvalue weighted by Gasteiger charge is 2.03. The minimum Gasteiger partial charge on any atom is -0.0654 e. The van der Waals surface area contributed by atoms with Gasteiger partial charge in [0, 0.05) is 0 Å². The number of hydrogen-bond acceptors (Lipinski definition) is 0. The molecular weight excluding hydrogens is 172 g/mol. The van der Waals surface area contributed by atoms with Crippen LogP contribution in [0.3, 0.4) is 0 Å². The molecule has 1 rings (SSSR count). The predicted molar refractivity (Wildman–Crippen MR) is 60.8 cm³/mol. The molecule has 0 saturated heterocycles. The minimum atomic E-state index is 0.863. The first-order chi connectivity index (χ1) is 6.33. The van der Waals surface area contributed by atoms with Crippen molar-refractivity contribution < 1.29 is 0 Å². The van der Waals surface area contributed by atoms with Gasteiger partial charge in [0.05, 0.1) is 9.52 Å². The van der Waals surface area contributed by atoms with Gasteiger partial charge in [0.1, 0.15) is 0 Å². The Morgan fingerprint density at radius 2 is 1.92 bits per heavy atom. The van der Waals surface area contributed by atoms with E-state index in [1.807, 2.05) is 0 Å². The van der Waals surface area contributed by atoms with Gasteiger partial charge in [-0.3, -0.25) is 0 Å². The number of unbranched alkanes of at least 4 members (excludes halogenated alkanes) is 1. The Morgan fingerprint density at radius 1 is 1.23 bits per heavy atom. The second-order valence-electron chi connectivity index (χ2n) is 3.55. The van der Waals surface area contributed by atoms with Crippen LogP contribution in [0.25, 0.3) is 0 Å². The van der Waals surface area contributed by atoms with Crippen LogP contribution in [0.1, 0.15) is 33.1 Å². The lowest BCUT2D eigenvalue weighted by Crippen LogP contribution is -2.17. The quantitative estimate of drug-likeness (QED) is 0.626. The van der Waals surface area contributed by atoms with Gasteiger partial charge in [0.25, 0.3) is 0 Å². The van der Waals surface area contributed by atoms with Crippen LogP contribution < -0.4 is 5.19 Å². The van der Waals surface area contributed by atoms with E-state index in [4.69, 9.17) is 0 Å². The van der Waals surface area contributed by atoms with E-state index in [1.165, 1.54) is 24.4 Å². The second-order valence-corrected chi connectivity index (χ2v) is 5.41. The smallest absolute Gasteiger partial charge is 0.0654 e. The van der Waals surface area contributed by atoms with E-state index in [-0.39, 0.29) is 0 Å². The van der Waals surface area contributed by atoms with E-state index in [2.05, 4.69) is 44.2 Å². The van der Waals surface area contributed by atoms with Crippen LogP contribution in [0, 0.1) is 0 Å². The third-order valence-electron chi connectivity index (χ3n) is 2.18. The van der Waals surface area contributed by atoms with Crippen molar-refractivity contribution in [1.82, 2.24) is 0 Å². The summed E-state index contributed by atoms with van der Waals surface area (Å²) in [6, 6.07) is 10.8. The maximum Gasteiger partial charge on any atom is 0.0839 e. The lowest BCUT2D eigenvalue weighted by molar-refractivity contribution is 0.698. The van der Waals surface area contributed by atoms with E-state index in [0.717, 1.165) is 15.1 Å². The first-order valence-electron chi connectivity index (χ1n) is 5.14. The average Bonchev–Trinajstić information content (AvgIpc) is 2.16. The fourth-order valence-corrected chi connectivity index (χ4v) is 2.70. The Kier molecular flexibility index (Phi) is 4.84. The zero-order valence-corrected chi connectivity index (χ0v) is 9.59. The highest BCUT2D eigenvalue weighted by Crippen LogP contribution is 2.11. The van der Waals surface area contributed by atoms with E-state index >= 15 is 0 Å². The third kappa shape index (κ3) is 4.27. The van der Waals surface area contributed by atoms with Crippen LogP contribution in [0.2, 0.25) is 5.54 Å². The van der Waals surface area contributed by atoms with Gasteiger partial charge in [-0.05, 0) is 5.54 Å². The summed E-state index contributed by atoms with van der Waals surface area (Å²) >= 11 is 0. The molecule has 1 aromatic rings. The van der Waals surface area contributed by atoms with Gasteiger partial charge in [-0.25, -0.2) is 0 Å². The first-order valence-corrected chi connectivity index (χ1v) is 6.22. The summed E-state index contributed by atoms with van der Waals surface area (Å²) < 4.78 is 0. The molecule has 13 heavy (non-hydrogen) atoms. The van der Waals surface area contributed by atoms with Crippen molar-refractivity contribution in [2.24, 2.45) is 0 Å². The Hall–Kier alpha value is -0.563. The Morgan fingerprint density at radius 3 is 2.54 bits per heavy atom. The molecule has 1 heteroatoms. The third-order valence-corrected chi connectivity index (χ3v) is 3.63. The average molecular weight is 190 g/mol. The van der Waals surface area contributed by atoms with Crippen LogP contribution in [-0.4, -0.2) is 9.52 Å². The summed E-state index contributed by atoms with van der Waals surface area (Å²) in [5.41, 5.74) is 0.863. The van der Waals surface area contributed by atoms with Gasteiger partial charge in [0.15, 0.2) is 0 Å². The molecule has 1 atom stereocenters. The second kappa shape index (κ2) is 5.98. The van der Waals surface area contributed by atoms with E-state index in [0.29, 0.717) is 0 Å². The molecular formula is C12H18Si. The molecule has 2 radical (unpaired) electrons. The number of rotatable bonds is 5. The predicted octanol–water partition coefficient (Wildman–Crippen LogP) is 3.01. The van der Waals surface area contributed by atoms with Crippen molar-refractivity contribution in [3.63, 3.8) is 0 Å². The van der Waals surface area contributed by atoms with Crippen LogP contribution >= 0.6 is 0 Å². The lowest BCUT2D eigenvalue weighted by Gasteiger charge is -2.08. The molecule has 0 heterocycles. The summed E-state index contributed by atoms with van der Waals surface area (Å²) in [7, 11) is 0.988. The molecule has 0 aliphatic carbocycles. The molecule has 0 aromatic heterocycles. The molecule has 0 N–H and O–H groups in total. The van der Waals surface area contributed by atoms with Crippen LogP contribution in [-0.2, 0) is 0 Å². The van der Waals surface area contributed by atoms with E-state index in [1.54, 1.807) is 0 Å². The zero-order chi connectivity index (χ0) is 9.52. The van der Waals surface area contributed by atoms with Gasteiger partial charge >= 0.3 is 0 Å². The van der Waals surface area contributed by atoms with Gasteiger partial charge in [-0.2, -0.15) is 0 Å². The molecule has 0 saturated carbocycles. The van der Waals surface area contributed by atoms with E-state index < -0.39 is 0 Å². The Balaban J connectivity index is 2.32.